The number of nitrogens with zero attached hydrogens (tertiary/aromatic N) is 3. The van der Waals surface area contributed by atoms with Crippen molar-refractivity contribution < 1.29 is 4.79 Å². The predicted octanol–water partition coefficient (Wildman–Crippen LogP) is 3.48. The minimum atomic E-state index is -0.221. The number of anilines is 2. The van der Waals surface area contributed by atoms with Crippen molar-refractivity contribution in [3.63, 3.8) is 0 Å². The van der Waals surface area contributed by atoms with Crippen LogP contribution in [0.3, 0.4) is 0 Å². The number of carbonyl (C=O) groups is 1. The summed E-state index contributed by atoms with van der Waals surface area (Å²) in [6, 6.07) is 13.3. The molecule has 120 valence electrons. The Kier molecular flexibility index (Phi) is 3.83. The monoisotopic (exact) mass is 318 g/mol. The zero-order valence-electron chi connectivity index (χ0n) is 13.3. The molecule has 2 aromatic heterocycles. The first-order valence-electron chi connectivity index (χ1n) is 8.17. The second-order valence-electron chi connectivity index (χ2n) is 5.93. The lowest BCUT2D eigenvalue weighted by Crippen LogP contribution is -2.19. The summed E-state index contributed by atoms with van der Waals surface area (Å²) >= 11 is 0. The van der Waals surface area contributed by atoms with Crippen molar-refractivity contribution in [3.8, 4) is 0 Å². The summed E-state index contributed by atoms with van der Waals surface area (Å²) in [7, 11) is 0. The van der Waals surface area contributed by atoms with Crippen LogP contribution in [0.1, 0.15) is 23.3 Å². The molecule has 0 unspecified atom stereocenters. The molecular weight excluding hydrogens is 300 g/mol. The maximum atomic E-state index is 12.5. The van der Waals surface area contributed by atoms with Crippen molar-refractivity contribution in [2.24, 2.45) is 0 Å². The number of pyridine rings is 2. The van der Waals surface area contributed by atoms with E-state index in [4.69, 9.17) is 0 Å². The van der Waals surface area contributed by atoms with Gasteiger partial charge in [-0.3, -0.25) is 9.78 Å². The summed E-state index contributed by atoms with van der Waals surface area (Å²) in [4.78, 5) is 23.4. The summed E-state index contributed by atoms with van der Waals surface area (Å²) in [5.41, 5.74) is 2.97. The Morgan fingerprint density at radius 1 is 1.00 bits per heavy atom. The third-order valence-corrected chi connectivity index (χ3v) is 4.33. The largest absolute Gasteiger partial charge is 0.370 e. The standard InChI is InChI=1S/C19H18N4O/c24-19(17-9-8-15(13-21-17)23-11-1-2-12-23)22-16-7-3-5-14-6-4-10-20-18(14)16/h3-10,13H,1-2,11-12H2,(H,22,24). The molecule has 1 saturated heterocycles. The lowest BCUT2D eigenvalue weighted by Gasteiger charge is -2.17. The van der Waals surface area contributed by atoms with E-state index in [1.165, 1.54) is 12.8 Å². The number of rotatable bonds is 3. The van der Waals surface area contributed by atoms with Gasteiger partial charge in [-0.2, -0.15) is 0 Å². The van der Waals surface area contributed by atoms with Gasteiger partial charge in [-0.25, -0.2) is 4.98 Å². The minimum absolute atomic E-state index is 0.221. The Morgan fingerprint density at radius 2 is 1.83 bits per heavy atom. The van der Waals surface area contributed by atoms with Gasteiger partial charge in [0.2, 0.25) is 0 Å². The minimum Gasteiger partial charge on any atom is -0.370 e. The molecule has 0 spiro atoms. The van der Waals surface area contributed by atoms with Crippen LogP contribution in [0.2, 0.25) is 0 Å². The topological polar surface area (TPSA) is 58.1 Å². The van der Waals surface area contributed by atoms with E-state index < -0.39 is 0 Å². The zero-order valence-corrected chi connectivity index (χ0v) is 13.3. The second kappa shape index (κ2) is 6.28. The van der Waals surface area contributed by atoms with E-state index in [1.54, 1.807) is 18.5 Å². The van der Waals surface area contributed by atoms with Crippen LogP contribution in [0.15, 0.2) is 54.9 Å². The molecule has 0 saturated carbocycles. The van der Waals surface area contributed by atoms with Crippen molar-refractivity contribution in [2.75, 3.05) is 23.3 Å². The average Bonchev–Trinajstić information content (AvgIpc) is 3.17. The van der Waals surface area contributed by atoms with Gasteiger partial charge < -0.3 is 10.2 Å². The van der Waals surface area contributed by atoms with Crippen molar-refractivity contribution in [1.82, 2.24) is 9.97 Å². The van der Waals surface area contributed by atoms with Gasteiger partial charge in [0.15, 0.2) is 0 Å². The summed E-state index contributed by atoms with van der Waals surface area (Å²) in [5, 5.41) is 3.91. The lowest BCUT2D eigenvalue weighted by atomic mass is 10.2. The van der Waals surface area contributed by atoms with Crippen molar-refractivity contribution in [3.05, 3.63) is 60.6 Å². The third kappa shape index (κ3) is 2.80. The maximum Gasteiger partial charge on any atom is 0.274 e. The first-order chi connectivity index (χ1) is 11.8. The molecule has 1 aromatic carbocycles. The van der Waals surface area contributed by atoms with E-state index in [1.807, 2.05) is 36.4 Å². The van der Waals surface area contributed by atoms with E-state index in [9.17, 15) is 4.79 Å². The SMILES string of the molecule is O=C(Nc1cccc2cccnc12)c1ccc(N2CCCC2)cn1. The molecule has 3 aromatic rings. The number of amides is 1. The van der Waals surface area contributed by atoms with Gasteiger partial charge in [0, 0.05) is 24.7 Å². The van der Waals surface area contributed by atoms with Gasteiger partial charge in [-0.15, -0.1) is 0 Å². The van der Waals surface area contributed by atoms with Crippen molar-refractivity contribution >= 4 is 28.2 Å². The molecule has 3 heterocycles. The van der Waals surface area contributed by atoms with Crippen molar-refractivity contribution in [2.45, 2.75) is 12.8 Å². The summed E-state index contributed by atoms with van der Waals surface area (Å²) in [5.74, 6) is -0.221. The molecule has 5 nitrogen and oxygen atoms in total. The number of benzene rings is 1. The van der Waals surface area contributed by atoms with Gasteiger partial charge in [0.25, 0.3) is 5.91 Å². The number of carbonyl (C=O) groups excluding carboxylic acids is 1. The third-order valence-electron chi connectivity index (χ3n) is 4.33. The maximum absolute atomic E-state index is 12.5. The Labute approximate surface area is 140 Å². The van der Waals surface area contributed by atoms with Crippen LogP contribution in [0.5, 0.6) is 0 Å². The molecule has 1 fully saturated rings. The first-order valence-corrected chi connectivity index (χ1v) is 8.17. The smallest absolute Gasteiger partial charge is 0.274 e. The molecule has 1 N–H and O–H groups in total. The van der Waals surface area contributed by atoms with Gasteiger partial charge in [-0.1, -0.05) is 18.2 Å². The van der Waals surface area contributed by atoms with Crippen LogP contribution in [0, 0.1) is 0 Å². The van der Waals surface area contributed by atoms with Crippen LogP contribution in [-0.2, 0) is 0 Å². The summed E-state index contributed by atoms with van der Waals surface area (Å²) in [6.07, 6.45) is 5.94. The number of para-hydroxylation sites is 1. The van der Waals surface area contributed by atoms with Crippen LogP contribution in [0.25, 0.3) is 10.9 Å². The van der Waals surface area contributed by atoms with Crippen LogP contribution in [-0.4, -0.2) is 29.0 Å². The summed E-state index contributed by atoms with van der Waals surface area (Å²) in [6.45, 7) is 2.13. The molecule has 1 aliphatic heterocycles. The van der Waals surface area contributed by atoms with E-state index >= 15 is 0 Å². The van der Waals surface area contributed by atoms with Gasteiger partial charge in [0.1, 0.15) is 5.69 Å². The zero-order chi connectivity index (χ0) is 16.4. The van der Waals surface area contributed by atoms with Gasteiger partial charge in [-0.05, 0) is 37.1 Å². The first kappa shape index (κ1) is 14.6. The summed E-state index contributed by atoms with van der Waals surface area (Å²) < 4.78 is 0. The normalized spacial score (nSPS) is 14.1. The van der Waals surface area contributed by atoms with E-state index in [0.29, 0.717) is 11.4 Å². The highest BCUT2D eigenvalue weighted by atomic mass is 16.1. The average molecular weight is 318 g/mol. The van der Waals surface area contributed by atoms with Crippen molar-refractivity contribution in [1.29, 1.82) is 0 Å². The van der Waals surface area contributed by atoms with Gasteiger partial charge in [0.05, 0.1) is 23.1 Å². The second-order valence-corrected chi connectivity index (χ2v) is 5.93. The van der Waals surface area contributed by atoms with E-state index in [-0.39, 0.29) is 5.91 Å². The highest BCUT2D eigenvalue weighted by Gasteiger charge is 2.14. The molecule has 5 heteroatoms. The molecule has 4 rings (SSSR count). The number of nitrogens with one attached hydrogen (secondary N) is 1. The predicted molar refractivity (Wildman–Crippen MR) is 95.4 cm³/mol. The quantitative estimate of drug-likeness (QED) is 0.803. The van der Waals surface area contributed by atoms with E-state index in [0.717, 1.165) is 29.7 Å². The molecular formula is C19H18N4O. The van der Waals surface area contributed by atoms with Crippen LogP contribution >= 0.6 is 0 Å². The van der Waals surface area contributed by atoms with Crippen LogP contribution < -0.4 is 10.2 Å². The Morgan fingerprint density at radius 3 is 2.62 bits per heavy atom. The molecule has 1 amide bonds. The number of aromatic nitrogens is 2. The highest BCUT2D eigenvalue weighted by molar-refractivity contribution is 6.07. The molecule has 0 atom stereocenters. The fraction of sp³-hybridized carbons (Fsp3) is 0.211. The highest BCUT2D eigenvalue weighted by Crippen LogP contribution is 2.22. The number of fused-ring (bicyclic) bond motifs is 1. The lowest BCUT2D eigenvalue weighted by molar-refractivity contribution is 0.102. The van der Waals surface area contributed by atoms with Gasteiger partial charge >= 0.3 is 0 Å². The molecule has 0 radical (unpaired) electrons. The fourth-order valence-corrected chi connectivity index (χ4v) is 3.07. The molecule has 24 heavy (non-hydrogen) atoms. The number of hydrogen-bond donors (Lipinski definition) is 1. The fourth-order valence-electron chi connectivity index (χ4n) is 3.07. The van der Waals surface area contributed by atoms with E-state index in [2.05, 4.69) is 20.2 Å². The molecule has 1 aliphatic rings. The Bertz CT molecular complexity index is 865. The Balaban J connectivity index is 1.55. The number of hydrogen-bond acceptors (Lipinski definition) is 4. The van der Waals surface area contributed by atoms with Crippen LogP contribution in [0.4, 0.5) is 11.4 Å². The molecule has 0 aliphatic carbocycles. The molecule has 0 bridgehead atoms. The Hall–Kier alpha value is -2.95.